The highest BCUT2D eigenvalue weighted by Gasteiger charge is 2.36. The van der Waals surface area contributed by atoms with Crippen LogP contribution >= 0.6 is 0 Å². The van der Waals surface area contributed by atoms with Crippen LogP contribution in [0.15, 0.2) is 17.1 Å². The molecule has 4 nitrogen and oxygen atoms in total. The third kappa shape index (κ3) is 2.48. The molecule has 1 aromatic rings. The number of hydrogen-bond donors (Lipinski definition) is 1. The van der Waals surface area contributed by atoms with E-state index in [1.165, 1.54) is 0 Å². The summed E-state index contributed by atoms with van der Waals surface area (Å²) in [5.74, 6) is 0.660. The van der Waals surface area contributed by atoms with Gasteiger partial charge < -0.3 is 9.73 Å². The predicted molar refractivity (Wildman–Crippen MR) is 72.4 cm³/mol. The molecule has 4 heteroatoms. The molecule has 0 atom stereocenters. The number of fused-ring (bicyclic) bond motifs is 1. The number of carbonyl (C=O) groups is 2. The van der Waals surface area contributed by atoms with E-state index in [0.717, 1.165) is 0 Å². The first kappa shape index (κ1) is 13.6. The number of furan rings is 1. The molecule has 0 saturated carbocycles. The van der Waals surface area contributed by atoms with E-state index < -0.39 is 0 Å². The minimum atomic E-state index is -0.294. The lowest BCUT2D eigenvalue weighted by Crippen LogP contribution is -2.26. The molecule has 0 radical (unpaired) electrons. The Balaban J connectivity index is 2.38. The summed E-state index contributed by atoms with van der Waals surface area (Å²) < 4.78 is 5.63. The highest BCUT2D eigenvalue weighted by atomic mass is 16.4. The Kier molecular flexibility index (Phi) is 3.35. The fraction of sp³-hybridized carbons (Fsp3) is 0.467. The van der Waals surface area contributed by atoms with Crippen molar-refractivity contribution in [2.75, 3.05) is 6.54 Å². The number of carbonyl (C=O) groups excluding carboxylic acids is 2. The fourth-order valence-electron chi connectivity index (χ4n) is 2.54. The summed E-state index contributed by atoms with van der Waals surface area (Å²) in [4.78, 5) is 24.1. The molecule has 1 aliphatic carbocycles. The average Bonchev–Trinajstić information content (AvgIpc) is 2.61. The van der Waals surface area contributed by atoms with Gasteiger partial charge in [-0.25, -0.2) is 0 Å². The summed E-state index contributed by atoms with van der Waals surface area (Å²) in [6.45, 7) is 9.75. The van der Waals surface area contributed by atoms with Crippen molar-refractivity contribution in [1.29, 1.82) is 0 Å². The molecule has 1 amide bonds. The molecule has 102 valence electrons. The standard InChI is InChI=1S/C15H19NO3/c1-5-6-16-14(18)13-9(2)12-10(17)7-15(3,4)8-11(12)19-13/h5H,1,6-8H2,2-4H3,(H,16,18). The van der Waals surface area contributed by atoms with Gasteiger partial charge in [0.15, 0.2) is 11.5 Å². The summed E-state index contributed by atoms with van der Waals surface area (Å²) in [7, 11) is 0. The lowest BCUT2D eigenvalue weighted by atomic mass is 9.76. The van der Waals surface area contributed by atoms with Crippen molar-refractivity contribution >= 4 is 11.7 Å². The van der Waals surface area contributed by atoms with Gasteiger partial charge in [0.2, 0.25) is 0 Å². The molecular weight excluding hydrogens is 242 g/mol. The third-order valence-electron chi connectivity index (χ3n) is 3.39. The van der Waals surface area contributed by atoms with E-state index in [1.807, 2.05) is 13.8 Å². The predicted octanol–water partition coefficient (Wildman–Crippen LogP) is 2.66. The van der Waals surface area contributed by atoms with Crippen LogP contribution in [0, 0.1) is 12.3 Å². The summed E-state index contributed by atoms with van der Waals surface area (Å²) in [5, 5.41) is 2.67. The van der Waals surface area contributed by atoms with E-state index in [9.17, 15) is 9.59 Å². The molecule has 1 N–H and O–H groups in total. The van der Waals surface area contributed by atoms with Gasteiger partial charge in [-0.1, -0.05) is 19.9 Å². The van der Waals surface area contributed by atoms with E-state index in [0.29, 0.717) is 36.3 Å². The van der Waals surface area contributed by atoms with Crippen molar-refractivity contribution in [1.82, 2.24) is 5.32 Å². The Morgan fingerprint density at radius 2 is 2.16 bits per heavy atom. The van der Waals surface area contributed by atoms with Crippen LogP contribution in [0.2, 0.25) is 0 Å². The van der Waals surface area contributed by atoms with Crippen molar-refractivity contribution < 1.29 is 14.0 Å². The van der Waals surface area contributed by atoms with Crippen molar-refractivity contribution in [2.45, 2.75) is 33.6 Å². The molecule has 0 aromatic carbocycles. The second kappa shape index (κ2) is 4.68. The van der Waals surface area contributed by atoms with Crippen molar-refractivity contribution in [3.05, 3.63) is 35.3 Å². The molecule has 2 rings (SSSR count). The molecule has 1 aromatic heterocycles. The number of hydrogen-bond acceptors (Lipinski definition) is 3. The largest absolute Gasteiger partial charge is 0.455 e. The molecule has 0 bridgehead atoms. The first-order valence-electron chi connectivity index (χ1n) is 6.40. The SMILES string of the molecule is C=CCNC(=O)c1oc2c(c1C)C(=O)CC(C)(C)C2. The summed E-state index contributed by atoms with van der Waals surface area (Å²) in [5.41, 5.74) is 1.14. The van der Waals surface area contributed by atoms with E-state index in [2.05, 4.69) is 11.9 Å². The lowest BCUT2D eigenvalue weighted by molar-refractivity contribution is 0.0890. The number of amides is 1. The maximum atomic E-state index is 12.2. The number of rotatable bonds is 3. The molecule has 19 heavy (non-hydrogen) atoms. The van der Waals surface area contributed by atoms with E-state index >= 15 is 0 Å². The molecular formula is C15H19NO3. The molecule has 0 unspecified atom stereocenters. The highest BCUT2D eigenvalue weighted by Crippen LogP contribution is 2.38. The van der Waals surface area contributed by atoms with Crippen LogP contribution in [0.3, 0.4) is 0 Å². The minimum absolute atomic E-state index is 0.0651. The maximum Gasteiger partial charge on any atom is 0.287 e. The second-order valence-electron chi connectivity index (χ2n) is 5.79. The van der Waals surface area contributed by atoms with Gasteiger partial charge in [0.25, 0.3) is 5.91 Å². The first-order valence-corrected chi connectivity index (χ1v) is 6.40. The van der Waals surface area contributed by atoms with Gasteiger partial charge in [-0.15, -0.1) is 6.58 Å². The van der Waals surface area contributed by atoms with Crippen LogP contribution in [0.25, 0.3) is 0 Å². The van der Waals surface area contributed by atoms with Crippen LogP contribution in [0.4, 0.5) is 0 Å². The van der Waals surface area contributed by atoms with Gasteiger partial charge in [0, 0.05) is 24.9 Å². The Hall–Kier alpha value is -1.84. The van der Waals surface area contributed by atoms with Gasteiger partial charge >= 0.3 is 0 Å². The van der Waals surface area contributed by atoms with Gasteiger partial charge in [0.05, 0.1) is 5.56 Å². The maximum absolute atomic E-state index is 12.2. The summed E-state index contributed by atoms with van der Waals surface area (Å²) in [6.07, 6.45) is 2.78. The summed E-state index contributed by atoms with van der Waals surface area (Å²) in [6, 6.07) is 0. The van der Waals surface area contributed by atoms with E-state index in [1.54, 1.807) is 13.0 Å². The Morgan fingerprint density at radius 1 is 1.47 bits per heavy atom. The van der Waals surface area contributed by atoms with Gasteiger partial charge in [-0.2, -0.15) is 0 Å². The van der Waals surface area contributed by atoms with Gasteiger partial charge in [0.1, 0.15) is 5.76 Å². The number of ketones is 1. The topological polar surface area (TPSA) is 59.3 Å². The van der Waals surface area contributed by atoms with Crippen LogP contribution < -0.4 is 5.32 Å². The van der Waals surface area contributed by atoms with Crippen LogP contribution in [0.1, 0.15) is 52.5 Å². The Bertz CT molecular complexity index is 552. The molecule has 1 aliphatic rings. The highest BCUT2D eigenvalue weighted by molar-refractivity contribution is 6.03. The second-order valence-corrected chi connectivity index (χ2v) is 5.79. The van der Waals surface area contributed by atoms with Crippen LogP contribution in [0.5, 0.6) is 0 Å². The minimum Gasteiger partial charge on any atom is -0.455 e. The lowest BCUT2D eigenvalue weighted by Gasteiger charge is -2.27. The first-order chi connectivity index (χ1) is 8.85. The molecule has 1 heterocycles. The summed E-state index contributed by atoms with van der Waals surface area (Å²) >= 11 is 0. The van der Waals surface area contributed by atoms with Crippen molar-refractivity contribution in [3.63, 3.8) is 0 Å². The zero-order chi connectivity index (χ0) is 14.2. The van der Waals surface area contributed by atoms with Crippen LogP contribution in [-0.2, 0) is 6.42 Å². The quantitative estimate of drug-likeness (QED) is 0.851. The van der Waals surface area contributed by atoms with Gasteiger partial charge in [-0.05, 0) is 12.3 Å². The zero-order valence-corrected chi connectivity index (χ0v) is 11.6. The smallest absolute Gasteiger partial charge is 0.287 e. The normalized spacial score (nSPS) is 16.9. The molecule has 0 aliphatic heterocycles. The van der Waals surface area contributed by atoms with E-state index in [-0.39, 0.29) is 22.9 Å². The van der Waals surface area contributed by atoms with Crippen LogP contribution in [-0.4, -0.2) is 18.2 Å². The molecule has 0 fully saturated rings. The van der Waals surface area contributed by atoms with Gasteiger partial charge in [-0.3, -0.25) is 9.59 Å². The number of Topliss-reactive ketones (excluding diaryl/α,β-unsaturated/α-hetero) is 1. The Labute approximate surface area is 112 Å². The third-order valence-corrected chi connectivity index (χ3v) is 3.39. The number of nitrogens with one attached hydrogen (secondary N) is 1. The van der Waals surface area contributed by atoms with Crippen molar-refractivity contribution in [3.8, 4) is 0 Å². The zero-order valence-electron chi connectivity index (χ0n) is 11.6. The van der Waals surface area contributed by atoms with E-state index in [4.69, 9.17) is 4.42 Å². The molecule has 0 spiro atoms. The monoisotopic (exact) mass is 261 g/mol. The average molecular weight is 261 g/mol. The van der Waals surface area contributed by atoms with Crippen molar-refractivity contribution in [2.24, 2.45) is 5.41 Å². The fourth-order valence-corrected chi connectivity index (χ4v) is 2.54. The Morgan fingerprint density at radius 3 is 2.79 bits per heavy atom. The molecule has 0 saturated heterocycles.